The lowest BCUT2D eigenvalue weighted by Gasteiger charge is -2.24. The fraction of sp³-hybridized carbons (Fsp3) is 0.571. The van der Waals surface area contributed by atoms with Crippen molar-refractivity contribution in [3.8, 4) is 0 Å². The Morgan fingerprint density at radius 1 is 1.29 bits per heavy atom. The van der Waals surface area contributed by atoms with Gasteiger partial charge in [-0.25, -0.2) is 0 Å². The zero-order valence-electron chi connectivity index (χ0n) is 10.7. The van der Waals surface area contributed by atoms with E-state index >= 15 is 0 Å². The Labute approximate surface area is 118 Å². The quantitative estimate of drug-likeness (QED) is 0.734. The van der Waals surface area contributed by atoms with Crippen LogP contribution in [0.1, 0.15) is 43.9 Å². The first-order valence-electron chi connectivity index (χ1n) is 6.32. The predicted molar refractivity (Wildman–Crippen MR) is 82.5 cm³/mol. The topological polar surface area (TPSA) is 26.0 Å². The summed E-state index contributed by atoms with van der Waals surface area (Å²) in [6.07, 6.45) is 3.53. The van der Waals surface area contributed by atoms with E-state index in [0.29, 0.717) is 5.25 Å². The molecule has 3 heteroatoms. The number of benzene rings is 1. The Bertz CT molecular complexity index is 330. The van der Waals surface area contributed by atoms with Crippen LogP contribution in [0.25, 0.3) is 0 Å². The first kappa shape index (κ1) is 15.1. The highest BCUT2D eigenvalue weighted by Crippen LogP contribution is 2.37. The van der Waals surface area contributed by atoms with Gasteiger partial charge in [-0.1, -0.05) is 54.4 Å². The number of thioether (sulfide) groups is 1. The third kappa shape index (κ3) is 4.65. The highest BCUT2D eigenvalue weighted by molar-refractivity contribution is 9.10. The third-order valence-electron chi connectivity index (χ3n) is 2.87. The van der Waals surface area contributed by atoms with E-state index in [2.05, 4.69) is 54.0 Å². The second kappa shape index (κ2) is 8.17. The molecule has 0 aromatic heterocycles. The molecule has 0 aliphatic rings. The summed E-state index contributed by atoms with van der Waals surface area (Å²) in [5, 5.41) is 0.405. The van der Waals surface area contributed by atoms with Gasteiger partial charge in [-0.15, -0.1) is 0 Å². The number of unbranched alkanes of at least 4 members (excludes halogenated alkanes) is 1. The summed E-state index contributed by atoms with van der Waals surface area (Å²) in [4.78, 5) is 0. The van der Waals surface area contributed by atoms with Gasteiger partial charge >= 0.3 is 0 Å². The molecule has 2 N–H and O–H groups in total. The fourth-order valence-corrected chi connectivity index (χ4v) is 3.94. The molecular formula is C14H22BrNS. The second-order valence-corrected chi connectivity index (χ2v) is 6.34. The van der Waals surface area contributed by atoms with E-state index in [0.717, 1.165) is 6.42 Å². The maximum atomic E-state index is 6.26. The Balaban J connectivity index is 2.79. The van der Waals surface area contributed by atoms with E-state index in [9.17, 15) is 0 Å². The Kier molecular flexibility index (Phi) is 7.24. The van der Waals surface area contributed by atoms with Crippen LogP contribution in [0.3, 0.4) is 0 Å². The third-order valence-corrected chi connectivity index (χ3v) is 5.08. The van der Waals surface area contributed by atoms with Crippen molar-refractivity contribution in [1.29, 1.82) is 0 Å². The summed E-state index contributed by atoms with van der Waals surface area (Å²) in [5.74, 6) is 1.19. The zero-order chi connectivity index (χ0) is 12.7. The fourth-order valence-electron chi connectivity index (χ4n) is 1.72. The Hall–Kier alpha value is 0.01000. The summed E-state index contributed by atoms with van der Waals surface area (Å²) < 4.78 is 1.18. The highest BCUT2D eigenvalue weighted by atomic mass is 79.9. The predicted octanol–water partition coefficient (Wildman–Crippen LogP) is 4.76. The molecule has 2 atom stereocenters. The molecule has 0 saturated carbocycles. The van der Waals surface area contributed by atoms with Gasteiger partial charge in [-0.2, -0.15) is 11.8 Å². The minimum absolute atomic E-state index is 0.232. The average molecular weight is 316 g/mol. The summed E-state index contributed by atoms with van der Waals surface area (Å²) in [7, 11) is 0. The lowest BCUT2D eigenvalue weighted by Crippen LogP contribution is -2.26. The van der Waals surface area contributed by atoms with Crippen LogP contribution in [-0.4, -0.2) is 11.8 Å². The Morgan fingerprint density at radius 3 is 2.59 bits per heavy atom. The SMILES string of the molecule is CCCCSC(c1ccccc1Br)C(N)CC. The molecule has 0 heterocycles. The van der Waals surface area contributed by atoms with E-state index in [1.807, 2.05) is 11.8 Å². The van der Waals surface area contributed by atoms with Gasteiger partial charge in [0.2, 0.25) is 0 Å². The summed E-state index contributed by atoms with van der Waals surface area (Å²) in [6.45, 7) is 4.39. The smallest absolute Gasteiger partial charge is 0.0459 e. The van der Waals surface area contributed by atoms with Crippen molar-refractivity contribution >= 4 is 27.7 Å². The molecule has 0 spiro atoms. The molecule has 1 aromatic rings. The minimum atomic E-state index is 0.232. The lowest BCUT2D eigenvalue weighted by atomic mass is 10.0. The van der Waals surface area contributed by atoms with Crippen molar-refractivity contribution < 1.29 is 0 Å². The molecule has 0 aliphatic heterocycles. The van der Waals surface area contributed by atoms with Crippen LogP contribution in [0, 0.1) is 0 Å². The lowest BCUT2D eigenvalue weighted by molar-refractivity contribution is 0.632. The van der Waals surface area contributed by atoms with Crippen LogP contribution in [0.2, 0.25) is 0 Å². The van der Waals surface area contributed by atoms with E-state index in [1.54, 1.807) is 0 Å². The van der Waals surface area contributed by atoms with Gasteiger partial charge in [0.05, 0.1) is 0 Å². The molecule has 0 fully saturated rings. The first-order valence-corrected chi connectivity index (χ1v) is 8.16. The zero-order valence-corrected chi connectivity index (χ0v) is 13.1. The first-order chi connectivity index (χ1) is 8.20. The molecule has 0 amide bonds. The Morgan fingerprint density at radius 2 is 2.00 bits per heavy atom. The number of halogens is 1. The van der Waals surface area contributed by atoms with Gasteiger partial charge in [0.1, 0.15) is 0 Å². The molecule has 1 rings (SSSR count). The van der Waals surface area contributed by atoms with Crippen LogP contribution < -0.4 is 5.73 Å². The van der Waals surface area contributed by atoms with Crippen LogP contribution in [0.4, 0.5) is 0 Å². The molecule has 2 unspecified atom stereocenters. The summed E-state index contributed by atoms with van der Waals surface area (Å²) in [5.41, 5.74) is 7.59. The van der Waals surface area contributed by atoms with Crippen LogP contribution in [0.5, 0.6) is 0 Å². The molecule has 0 aliphatic carbocycles. The van der Waals surface area contributed by atoms with Crippen LogP contribution >= 0.6 is 27.7 Å². The van der Waals surface area contributed by atoms with Gasteiger partial charge in [-0.05, 0) is 30.2 Å². The van der Waals surface area contributed by atoms with Crippen molar-refractivity contribution in [3.05, 3.63) is 34.3 Å². The van der Waals surface area contributed by atoms with Crippen molar-refractivity contribution in [3.63, 3.8) is 0 Å². The largest absolute Gasteiger partial charge is 0.326 e. The van der Waals surface area contributed by atoms with E-state index < -0.39 is 0 Å². The summed E-state index contributed by atoms with van der Waals surface area (Å²) >= 11 is 5.63. The van der Waals surface area contributed by atoms with Crippen molar-refractivity contribution in [2.45, 2.75) is 44.4 Å². The van der Waals surface area contributed by atoms with Gasteiger partial charge in [0, 0.05) is 15.8 Å². The normalized spacial score (nSPS) is 14.6. The van der Waals surface area contributed by atoms with Crippen LogP contribution in [0.15, 0.2) is 28.7 Å². The molecular weight excluding hydrogens is 294 g/mol. The van der Waals surface area contributed by atoms with E-state index in [-0.39, 0.29) is 6.04 Å². The van der Waals surface area contributed by atoms with Crippen molar-refractivity contribution in [2.24, 2.45) is 5.73 Å². The molecule has 0 bridgehead atoms. The molecule has 1 nitrogen and oxygen atoms in total. The second-order valence-electron chi connectivity index (χ2n) is 4.24. The number of hydrogen-bond donors (Lipinski definition) is 1. The monoisotopic (exact) mass is 315 g/mol. The van der Waals surface area contributed by atoms with Crippen molar-refractivity contribution in [1.82, 2.24) is 0 Å². The maximum Gasteiger partial charge on any atom is 0.0459 e. The molecule has 1 aromatic carbocycles. The standard InChI is InChI=1S/C14H22BrNS/c1-3-5-10-17-14(13(16)4-2)11-8-6-7-9-12(11)15/h6-9,13-14H,3-5,10,16H2,1-2H3. The average Bonchev–Trinajstić information content (AvgIpc) is 2.35. The van der Waals surface area contributed by atoms with Gasteiger partial charge in [0.25, 0.3) is 0 Å². The van der Waals surface area contributed by atoms with Gasteiger partial charge in [-0.3, -0.25) is 0 Å². The van der Waals surface area contributed by atoms with Gasteiger partial charge < -0.3 is 5.73 Å². The van der Waals surface area contributed by atoms with Crippen molar-refractivity contribution in [2.75, 3.05) is 5.75 Å². The molecule has 96 valence electrons. The summed E-state index contributed by atoms with van der Waals surface area (Å²) in [6, 6.07) is 8.67. The van der Waals surface area contributed by atoms with E-state index in [4.69, 9.17) is 5.73 Å². The molecule has 0 radical (unpaired) electrons. The highest BCUT2D eigenvalue weighted by Gasteiger charge is 2.20. The number of hydrogen-bond acceptors (Lipinski definition) is 2. The van der Waals surface area contributed by atoms with Crippen LogP contribution in [-0.2, 0) is 0 Å². The molecule has 0 saturated heterocycles. The number of nitrogens with two attached hydrogens (primary N) is 1. The van der Waals surface area contributed by atoms with Gasteiger partial charge in [0.15, 0.2) is 0 Å². The minimum Gasteiger partial charge on any atom is -0.326 e. The van der Waals surface area contributed by atoms with E-state index in [1.165, 1.54) is 28.6 Å². The number of rotatable bonds is 7. The molecule has 17 heavy (non-hydrogen) atoms. The maximum absolute atomic E-state index is 6.26.